The van der Waals surface area contributed by atoms with Gasteiger partial charge in [-0.05, 0) is 36.1 Å². The van der Waals surface area contributed by atoms with E-state index in [0.717, 1.165) is 10.6 Å². The highest BCUT2D eigenvalue weighted by atomic mass is 32.2. The molecule has 0 aliphatic rings. The van der Waals surface area contributed by atoms with Crippen molar-refractivity contribution >= 4 is 29.3 Å². The van der Waals surface area contributed by atoms with Crippen LogP contribution in [-0.2, 0) is 10.1 Å². The van der Waals surface area contributed by atoms with Crippen LogP contribution < -0.4 is 10.6 Å². The highest BCUT2D eigenvalue weighted by molar-refractivity contribution is 7.86. The van der Waals surface area contributed by atoms with E-state index in [1.807, 2.05) is 37.3 Å². The molecule has 0 amide bonds. The van der Waals surface area contributed by atoms with Crippen molar-refractivity contribution in [1.29, 1.82) is 0 Å². The molecule has 1 N–H and O–H groups in total. The summed E-state index contributed by atoms with van der Waals surface area (Å²) in [5, 5.41) is 2.03. The molecule has 0 spiro atoms. The Morgan fingerprint density at radius 2 is 1.53 bits per heavy atom. The molecule has 5 heteroatoms. The second kappa shape index (κ2) is 5.41. The van der Waals surface area contributed by atoms with Gasteiger partial charge in [-0.2, -0.15) is 8.42 Å². The number of benzene rings is 2. The van der Waals surface area contributed by atoms with Gasteiger partial charge in [0.25, 0.3) is 10.1 Å². The Bertz CT molecular complexity index is 691. The maximum Gasteiger partial charge on any atom is 0.294 e. The first-order valence-corrected chi connectivity index (χ1v) is 8.22. The molecule has 0 fully saturated rings. The monoisotopic (exact) mass is 294 g/mol. The molecular weight excluding hydrogens is 279 g/mol. The van der Waals surface area contributed by atoms with E-state index in [1.165, 1.54) is 5.56 Å². The fourth-order valence-electron chi connectivity index (χ4n) is 1.76. The average molecular weight is 294 g/mol. The smallest absolute Gasteiger partial charge is 0.282 e. The summed E-state index contributed by atoms with van der Waals surface area (Å²) in [7, 11) is -3.78. The van der Waals surface area contributed by atoms with Gasteiger partial charge in [0.15, 0.2) is 0 Å². The standard InChI is InChI=1S/C14H15O3PS/c1-10-3-6-12(7-4-10)18-13-8-5-11(2)14(9-13)19(15,16)17/h3-9,18H,1-2H3,(H,15,16,17). The van der Waals surface area contributed by atoms with Gasteiger partial charge in [-0.15, -0.1) is 0 Å². The van der Waals surface area contributed by atoms with Gasteiger partial charge in [0.1, 0.15) is 0 Å². The maximum atomic E-state index is 11.3. The lowest BCUT2D eigenvalue weighted by Gasteiger charge is -2.07. The Hall–Kier alpha value is -1.22. The lowest BCUT2D eigenvalue weighted by molar-refractivity contribution is 0.482. The fourth-order valence-corrected chi connectivity index (χ4v) is 3.66. The van der Waals surface area contributed by atoms with Crippen molar-refractivity contribution in [2.75, 3.05) is 0 Å². The Kier molecular flexibility index (Phi) is 4.04. The van der Waals surface area contributed by atoms with Gasteiger partial charge < -0.3 is 0 Å². The summed E-state index contributed by atoms with van der Waals surface area (Å²) in [6.45, 7) is 3.69. The van der Waals surface area contributed by atoms with Gasteiger partial charge in [0, 0.05) is 0 Å². The Labute approximate surface area is 115 Å². The molecule has 100 valence electrons. The summed E-state index contributed by atoms with van der Waals surface area (Å²) in [4.78, 5) is -0.00962. The predicted molar refractivity (Wildman–Crippen MR) is 79.8 cm³/mol. The van der Waals surface area contributed by atoms with Crippen LogP contribution in [0, 0.1) is 13.8 Å². The Morgan fingerprint density at radius 3 is 2.11 bits per heavy atom. The average Bonchev–Trinajstić information content (AvgIpc) is 2.33. The molecule has 19 heavy (non-hydrogen) atoms. The lowest BCUT2D eigenvalue weighted by atomic mass is 10.2. The van der Waals surface area contributed by atoms with Crippen molar-refractivity contribution in [1.82, 2.24) is 0 Å². The van der Waals surface area contributed by atoms with Crippen LogP contribution in [0.3, 0.4) is 0 Å². The van der Waals surface area contributed by atoms with Crippen LogP contribution in [0.1, 0.15) is 11.1 Å². The zero-order chi connectivity index (χ0) is 14.0. The number of hydrogen-bond acceptors (Lipinski definition) is 2. The molecule has 2 rings (SSSR count). The fraction of sp³-hybridized carbons (Fsp3) is 0.143. The van der Waals surface area contributed by atoms with Crippen molar-refractivity contribution in [2.24, 2.45) is 0 Å². The molecule has 0 saturated carbocycles. The first kappa shape index (κ1) is 14.2. The Balaban J connectivity index is 2.34. The van der Waals surface area contributed by atoms with Gasteiger partial charge in [0.05, 0.1) is 4.90 Å². The minimum absolute atomic E-state index is 0.00962. The van der Waals surface area contributed by atoms with Gasteiger partial charge >= 0.3 is 0 Å². The zero-order valence-corrected chi connectivity index (χ0v) is 12.5. The van der Waals surface area contributed by atoms with E-state index in [1.54, 1.807) is 19.1 Å². The van der Waals surface area contributed by atoms with Crippen LogP contribution in [0.15, 0.2) is 47.4 Å². The first-order valence-electron chi connectivity index (χ1n) is 5.78. The van der Waals surface area contributed by atoms with E-state index in [-0.39, 0.29) is 4.90 Å². The largest absolute Gasteiger partial charge is 0.294 e. The molecule has 2 aromatic rings. The molecule has 0 aliphatic carbocycles. The third-order valence-electron chi connectivity index (χ3n) is 2.81. The van der Waals surface area contributed by atoms with E-state index in [2.05, 4.69) is 0 Å². The van der Waals surface area contributed by atoms with E-state index in [9.17, 15) is 13.0 Å². The van der Waals surface area contributed by atoms with E-state index >= 15 is 0 Å². The Morgan fingerprint density at radius 1 is 0.947 bits per heavy atom. The molecular formula is C14H15O3PS. The summed E-state index contributed by atoms with van der Waals surface area (Å²) in [5.74, 6) is 0. The van der Waals surface area contributed by atoms with Crippen molar-refractivity contribution in [3.05, 3.63) is 53.6 Å². The SMILES string of the molecule is Cc1ccc(Pc2ccc(C)c(S(=O)(=O)O)c2)cc1. The topological polar surface area (TPSA) is 54.4 Å². The third kappa shape index (κ3) is 3.63. The molecule has 0 aromatic heterocycles. The van der Waals surface area contributed by atoms with E-state index in [0.29, 0.717) is 14.1 Å². The molecule has 1 unspecified atom stereocenters. The van der Waals surface area contributed by atoms with E-state index in [4.69, 9.17) is 0 Å². The van der Waals surface area contributed by atoms with Gasteiger partial charge in [-0.3, -0.25) is 4.55 Å². The minimum atomic E-state index is -4.15. The van der Waals surface area contributed by atoms with Gasteiger partial charge in [-0.1, -0.05) is 50.5 Å². The zero-order valence-electron chi connectivity index (χ0n) is 10.7. The highest BCUT2D eigenvalue weighted by Crippen LogP contribution is 2.18. The molecule has 0 radical (unpaired) electrons. The number of rotatable bonds is 3. The molecule has 3 nitrogen and oxygen atoms in total. The van der Waals surface area contributed by atoms with Crippen molar-refractivity contribution in [3.8, 4) is 0 Å². The summed E-state index contributed by atoms with van der Waals surface area (Å²) >= 11 is 0. The van der Waals surface area contributed by atoms with Crippen LogP contribution in [0.4, 0.5) is 0 Å². The minimum Gasteiger partial charge on any atom is -0.282 e. The van der Waals surface area contributed by atoms with Crippen LogP contribution in [-0.4, -0.2) is 13.0 Å². The van der Waals surface area contributed by atoms with Crippen LogP contribution in [0.25, 0.3) is 0 Å². The van der Waals surface area contributed by atoms with Crippen LogP contribution >= 0.6 is 8.58 Å². The quantitative estimate of drug-likeness (QED) is 0.697. The molecule has 2 aromatic carbocycles. The van der Waals surface area contributed by atoms with Crippen LogP contribution in [0.5, 0.6) is 0 Å². The van der Waals surface area contributed by atoms with Gasteiger partial charge in [-0.25, -0.2) is 0 Å². The van der Waals surface area contributed by atoms with Crippen molar-refractivity contribution < 1.29 is 13.0 Å². The normalized spacial score (nSPS) is 12.2. The molecule has 1 atom stereocenters. The van der Waals surface area contributed by atoms with Crippen LogP contribution in [0.2, 0.25) is 0 Å². The maximum absolute atomic E-state index is 11.3. The summed E-state index contributed by atoms with van der Waals surface area (Å²) in [6.07, 6.45) is 0. The summed E-state index contributed by atoms with van der Waals surface area (Å²) in [5.41, 5.74) is 1.75. The predicted octanol–water partition coefficient (Wildman–Crippen LogP) is 2.18. The molecule has 0 saturated heterocycles. The second-order valence-corrected chi connectivity index (χ2v) is 7.24. The second-order valence-electron chi connectivity index (χ2n) is 4.45. The molecule has 0 bridgehead atoms. The van der Waals surface area contributed by atoms with Crippen molar-refractivity contribution in [2.45, 2.75) is 18.7 Å². The summed E-state index contributed by atoms with van der Waals surface area (Å²) < 4.78 is 31.7. The van der Waals surface area contributed by atoms with Gasteiger partial charge in [0.2, 0.25) is 0 Å². The number of hydrogen-bond donors (Lipinski definition) is 1. The van der Waals surface area contributed by atoms with Crippen molar-refractivity contribution in [3.63, 3.8) is 0 Å². The van der Waals surface area contributed by atoms with E-state index < -0.39 is 10.1 Å². The molecule has 0 aliphatic heterocycles. The third-order valence-corrected chi connectivity index (χ3v) is 5.02. The first-order chi connectivity index (χ1) is 8.86. The summed E-state index contributed by atoms with van der Waals surface area (Å²) in [6, 6.07) is 13.3. The number of aryl methyl sites for hydroxylation is 2. The highest BCUT2D eigenvalue weighted by Gasteiger charge is 2.13. The molecule has 0 heterocycles. The lowest BCUT2D eigenvalue weighted by Crippen LogP contribution is -2.08.